The van der Waals surface area contributed by atoms with Crippen molar-refractivity contribution in [1.82, 2.24) is 5.32 Å². The maximum absolute atomic E-state index is 12.4. The highest BCUT2D eigenvalue weighted by Crippen LogP contribution is 2.38. The molecule has 1 N–H and O–H groups in total. The zero-order chi connectivity index (χ0) is 18.0. The first-order valence-electron chi connectivity index (χ1n) is 8.45. The lowest BCUT2D eigenvalue weighted by Gasteiger charge is -2.33. The molecule has 0 aliphatic carbocycles. The van der Waals surface area contributed by atoms with Gasteiger partial charge in [-0.15, -0.1) is 0 Å². The first kappa shape index (κ1) is 18.9. The zero-order valence-corrected chi connectivity index (χ0v) is 16.0. The average molecular weight is 354 g/mol. The summed E-state index contributed by atoms with van der Waals surface area (Å²) in [5.74, 6) is 1.18. The van der Waals surface area contributed by atoms with E-state index in [1.165, 1.54) is 0 Å². The summed E-state index contributed by atoms with van der Waals surface area (Å²) in [6.07, 6.45) is 1.99. The molecule has 1 aliphatic rings. The van der Waals surface area contributed by atoms with E-state index in [9.17, 15) is 4.79 Å². The van der Waals surface area contributed by atoms with E-state index in [-0.39, 0.29) is 23.3 Å². The second-order valence-corrected chi connectivity index (χ2v) is 8.71. The molecule has 0 unspecified atom stereocenters. The van der Waals surface area contributed by atoms with Gasteiger partial charge in [0.15, 0.2) is 11.5 Å². The molecule has 0 radical (unpaired) electrons. The quantitative estimate of drug-likeness (QED) is 0.874. The fourth-order valence-electron chi connectivity index (χ4n) is 3.36. The number of halogens is 1. The van der Waals surface area contributed by atoms with E-state index < -0.39 is 0 Å². The third kappa shape index (κ3) is 5.59. The molecular weight excluding hydrogens is 326 g/mol. The molecule has 0 saturated heterocycles. The summed E-state index contributed by atoms with van der Waals surface area (Å²) in [6, 6.07) is 3.63. The van der Waals surface area contributed by atoms with Crippen LogP contribution < -0.4 is 14.8 Å². The van der Waals surface area contributed by atoms with Gasteiger partial charge in [0, 0.05) is 12.0 Å². The average Bonchev–Trinajstić information content (AvgIpc) is 2.60. The Morgan fingerprint density at radius 1 is 1.17 bits per heavy atom. The maximum atomic E-state index is 12.4. The van der Waals surface area contributed by atoms with Gasteiger partial charge in [0.25, 0.3) is 0 Å². The SMILES string of the molecule is CC(C)(C)CC(C)(C)NC(=O)Cc1cc(Cl)c2c(c1)OCCCO2. The van der Waals surface area contributed by atoms with Crippen molar-refractivity contribution < 1.29 is 14.3 Å². The number of carbonyl (C=O) groups is 1. The van der Waals surface area contributed by atoms with Crippen molar-refractivity contribution in [3.05, 3.63) is 22.7 Å². The molecule has 1 heterocycles. The number of benzene rings is 1. The van der Waals surface area contributed by atoms with Crippen molar-refractivity contribution in [3.63, 3.8) is 0 Å². The normalized spacial score (nSPS) is 14.9. The number of carbonyl (C=O) groups excluding carboxylic acids is 1. The number of amides is 1. The molecule has 2 rings (SSSR count). The summed E-state index contributed by atoms with van der Waals surface area (Å²) in [7, 11) is 0. The molecule has 4 nitrogen and oxygen atoms in total. The van der Waals surface area contributed by atoms with Crippen molar-refractivity contribution in [2.45, 2.75) is 59.4 Å². The Kier molecular flexibility index (Phi) is 5.69. The van der Waals surface area contributed by atoms with Crippen LogP contribution in [0.15, 0.2) is 12.1 Å². The van der Waals surface area contributed by atoms with Crippen LogP contribution in [0.1, 0.15) is 53.0 Å². The third-order valence-electron chi connectivity index (χ3n) is 3.68. The van der Waals surface area contributed by atoms with Crippen molar-refractivity contribution in [3.8, 4) is 11.5 Å². The Bertz CT molecular complexity index is 605. The first-order chi connectivity index (χ1) is 11.1. The summed E-state index contributed by atoms with van der Waals surface area (Å²) in [5, 5.41) is 3.61. The van der Waals surface area contributed by atoms with Gasteiger partial charge in [-0.1, -0.05) is 32.4 Å². The van der Waals surface area contributed by atoms with E-state index in [2.05, 4.69) is 39.9 Å². The van der Waals surface area contributed by atoms with E-state index in [0.717, 1.165) is 18.4 Å². The number of nitrogens with one attached hydrogen (secondary N) is 1. The maximum Gasteiger partial charge on any atom is 0.224 e. The number of rotatable bonds is 4. The molecule has 0 aromatic heterocycles. The van der Waals surface area contributed by atoms with Crippen LogP contribution in [0.4, 0.5) is 0 Å². The minimum atomic E-state index is -0.259. The number of hydrogen-bond acceptors (Lipinski definition) is 3. The highest BCUT2D eigenvalue weighted by molar-refractivity contribution is 6.32. The Morgan fingerprint density at radius 3 is 2.50 bits per heavy atom. The van der Waals surface area contributed by atoms with E-state index in [1.54, 1.807) is 6.07 Å². The molecule has 0 atom stereocenters. The molecule has 0 bridgehead atoms. The minimum Gasteiger partial charge on any atom is -0.489 e. The van der Waals surface area contributed by atoms with E-state index in [0.29, 0.717) is 29.7 Å². The van der Waals surface area contributed by atoms with Gasteiger partial charge in [0.05, 0.1) is 24.7 Å². The van der Waals surface area contributed by atoms with Gasteiger partial charge in [-0.3, -0.25) is 4.79 Å². The molecular formula is C19H28ClNO3. The van der Waals surface area contributed by atoms with Gasteiger partial charge in [-0.05, 0) is 43.4 Å². The lowest BCUT2D eigenvalue weighted by Crippen LogP contribution is -2.46. The molecule has 24 heavy (non-hydrogen) atoms. The van der Waals surface area contributed by atoms with Gasteiger partial charge in [-0.2, -0.15) is 0 Å². The molecule has 1 amide bonds. The van der Waals surface area contributed by atoms with Crippen molar-refractivity contribution >= 4 is 17.5 Å². The van der Waals surface area contributed by atoms with Crippen LogP contribution in [-0.2, 0) is 11.2 Å². The standard InChI is InChI=1S/C19H28ClNO3/c1-18(2,3)12-19(4,5)21-16(22)11-13-9-14(20)17-15(10-13)23-7-6-8-24-17/h9-10H,6-8,11-12H2,1-5H3,(H,21,22). The highest BCUT2D eigenvalue weighted by atomic mass is 35.5. The molecule has 1 aromatic carbocycles. The first-order valence-corrected chi connectivity index (χ1v) is 8.83. The van der Waals surface area contributed by atoms with Crippen LogP contribution in [0.5, 0.6) is 11.5 Å². The van der Waals surface area contributed by atoms with Crippen LogP contribution in [0.3, 0.4) is 0 Å². The Labute approximate surface area is 149 Å². The second kappa shape index (κ2) is 7.22. The van der Waals surface area contributed by atoms with Crippen LogP contribution in [0, 0.1) is 5.41 Å². The summed E-state index contributed by atoms with van der Waals surface area (Å²) in [6.45, 7) is 11.8. The number of ether oxygens (including phenoxy) is 2. The van der Waals surface area contributed by atoms with E-state index >= 15 is 0 Å². The third-order valence-corrected chi connectivity index (χ3v) is 3.96. The van der Waals surface area contributed by atoms with Gasteiger partial charge < -0.3 is 14.8 Å². The van der Waals surface area contributed by atoms with Crippen LogP contribution in [-0.4, -0.2) is 24.7 Å². The van der Waals surface area contributed by atoms with Crippen LogP contribution in [0.2, 0.25) is 5.02 Å². The second-order valence-electron chi connectivity index (χ2n) is 8.30. The topological polar surface area (TPSA) is 47.6 Å². The fourth-order valence-corrected chi connectivity index (χ4v) is 3.65. The molecule has 1 aromatic rings. The fraction of sp³-hybridized carbons (Fsp3) is 0.632. The minimum absolute atomic E-state index is 0.0187. The van der Waals surface area contributed by atoms with Gasteiger partial charge in [-0.25, -0.2) is 0 Å². The lowest BCUT2D eigenvalue weighted by atomic mass is 9.81. The van der Waals surface area contributed by atoms with Crippen molar-refractivity contribution in [2.24, 2.45) is 5.41 Å². The van der Waals surface area contributed by atoms with E-state index in [4.69, 9.17) is 21.1 Å². The van der Waals surface area contributed by atoms with Crippen LogP contribution in [0.25, 0.3) is 0 Å². The summed E-state index contributed by atoms with van der Waals surface area (Å²) in [5.41, 5.74) is 0.716. The Morgan fingerprint density at radius 2 is 1.83 bits per heavy atom. The Hall–Kier alpha value is -1.42. The van der Waals surface area contributed by atoms with Crippen molar-refractivity contribution in [2.75, 3.05) is 13.2 Å². The number of hydrogen-bond donors (Lipinski definition) is 1. The zero-order valence-electron chi connectivity index (χ0n) is 15.3. The van der Waals surface area contributed by atoms with Gasteiger partial charge in [0.1, 0.15) is 0 Å². The highest BCUT2D eigenvalue weighted by Gasteiger charge is 2.27. The molecule has 0 fully saturated rings. The molecule has 0 spiro atoms. The van der Waals surface area contributed by atoms with Gasteiger partial charge in [0.2, 0.25) is 5.91 Å². The number of fused-ring (bicyclic) bond motifs is 1. The lowest BCUT2D eigenvalue weighted by molar-refractivity contribution is -0.122. The monoisotopic (exact) mass is 353 g/mol. The van der Waals surface area contributed by atoms with E-state index in [1.807, 2.05) is 6.07 Å². The molecule has 0 saturated carbocycles. The smallest absolute Gasteiger partial charge is 0.224 e. The molecule has 5 heteroatoms. The molecule has 1 aliphatic heterocycles. The summed E-state index contributed by atoms with van der Waals surface area (Å²) < 4.78 is 11.3. The van der Waals surface area contributed by atoms with Crippen LogP contribution >= 0.6 is 11.6 Å². The predicted octanol–water partition coefficient (Wildman–Crippen LogP) is 4.37. The van der Waals surface area contributed by atoms with Crippen molar-refractivity contribution in [1.29, 1.82) is 0 Å². The summed E-state index contributed by atoms with van der Waals surface area (Å²) in [4.78, 5) is 12.4. The largest absolute Gasteiger partial charge is 0.489 e. The Balaban J connectivity index is 2.07. The molecule has 134 valence electrons. The predicted molar refractivity (Wildman–Crippen MR) is 97.1 cm³/mol. The van der Waals surface area contributed by atoms with Gasteiger partial charge >= 0.3 is 0 Å². The summed E-state index contributed by atoms with van der Waals surface area (Å²) >= 11 is 6.29.